The van der Waals surface area contributed by atoms with Crippen molar-refractivity contribution in [2.75, 3.05) is 26.3 Å². The Balaban J connectivity index is 1.68. The first kappa shape index (κ1) is 28.6. The minimum atomic E-state index is -1.38. The van der Waals surface area contributed by atoms with Crippen LogP contribution in [0, 0.1) is 0 Å². The maximum Gasteiger partial charge on any atom is 0.342 e. The molecule has 0 aromatic heterocycles. The van der Waals surface area contributed by atoms with Crippen molar-refractivity contribution in [2.45, 2.75) is 25.4 Å². The summed E-state index contributed by atoms with van der Waals surface area (Å²) in [6.07, 6.45) is 0.389. The van der Waals surface area contributed by atoms with Crippen LogP contribution in [0.1, 0.15) is 29.3 Å². The van der Waals surface area contributed by atoms with Crippen LogP contribution in [-0.2, 0) is 23.9 Å². The normalized spacial score (nSPS) is 14.9. The fraction of sp³-hybridized carbons (Fsp3) is 0.320. The van der Waals surface area contributed by atoms with Gasteiger partial charge in [-0.1, -0.05) is 12.1 Å². The van der Waals surface area contributed by atoms with Gasteiger partial charge in [0, 0.05) is 20.0 Å². The van der Waals surface area contributed by atoms with Crippen molar-refractivity contribution in [3.8, 4) is 23.0 Å². The van der Waals surface area contributed by atoms with Gasteiger partial charge in [-0.05, 0) is 30.7 Å². The van der Waals surface area contributed by atoms with Gasteiger partial charge in [-0.15, -0.1) is 0 Å². The van der Waals surface area contributed by atoms with E-state index in [0.717, 1.165) is 0 Å². The molecule has 0 aliphatic carbocycles. The van der Waals surface area contributed by atoms with E-state index in [-0.39, 0.29) is 36.1 Å². The molecule has 0 radical (unpaired) electrons. The third-order valence-corrected chi connectivity index (χ3v) is 5.47. The Morgan fingerprint density at radius 1 is 1.00 bits per heavy atom. The Hall–Kier alpha value is -5.01. The number of benzene rings is 2. The van der Waals surface area contributed by atoms with E-state index >= 15 is 0 Å². The molecule has 0 spiro atoms. The van der Waals surface area contributed by atoms with Crippen molar-refractivity contribution in [1.29, 1.82) is 0 Å². The number of hydrogen-bond donors (Lipinski definition) is 7. The molecule has 0 saturated heterocycles. The number of amides is 3. The number of carbonyl (C=O) groups excluding carboxylic acids is 4. The second-order valence-electron chi connectivity index (χ2n) is 8.39. The minimum Gasteiger partial charge on any atom is -0.504 e. The highest BCUT2D eigenvalue weighted by Gasteiger charge is 2.32. The van der Waals surface area contributed by atoms with Crippen LogP contribution in [0.4, 0.5) is 0 Å². The van der Waals surface area contributed by atoms with Crippen molar-refractivity contribution >= 4 is 29.6 Å². The van der Waals surface area contributed by atoms with Gasteiger partial charge in [0.2, 0.25) is 23.6 Å². The lowest BCUT2D eigenvalue weighted by atomic mass is 10.2. The highest BCUT2D eigenvalue weighted by Crippen LogP contribution is 2.30. The van der Waals surface area contributed by atoms with Crippen molar-refractivity contribution < 1.29 is 49.1 Å². The number of phenolic OH excluding ortho intramolecular Hbond substituents is 4. The number of nitrogens with one attached hydrogen (secondary N) is 3. The highest BCUT2D eigenvalue weighted by atomic mass is 16.5. The molecule has 1 aliphatic heterocycles. The number of esters is 1. The number of hydrogen-bond acceptors (Lipinski definition) is 11. The number of phenols is 4. The molecule has 0 bridgehead atoms. The molecule has 2 aromatic carbocycles. The molecular formula is C25H28N4O10. The maximum absolute atomic E-state index is 12.9. The molecule has 1 heterocycles. The molecular weight excluding hydrogens is 516 g/mol. The van der Waals surface area contributed by atoms with Crippen LogP contribution in [0.3, 0.4) is 0 Å². The predicted molar refractivity (Wildman–Crippen MR) is 134 cm³/mol. The molecule has 0 saturated carbocycles. The smallest absolute Gasteiger partial charge is 0.342 e. The average molecular weight is 545 g/mol. The van der Waals surface area contributed by atoms with Crippen LogP contribution < -0.4 is 16.0 Å². The van der Waals surface area contributed by atoms with Crippen LogP contribution in [-0.4, -0.2) is 88.4 Å². The van der Waals surface area contributed by atoms with E-state index in [9.17, 15) is 39.6 Å². The monoisotopic (exact) mass is 544 g/mol. The minimum absolute atomic E-state index is 0.0682. The summed E-state index contributed by atoms with van der Waals surface area (Å²) in [5, 5.41) is 46.8. The number of nitrogens with zero attached hydrogens (tertiary/aromatic N) is 1. The van der Waals surface area contributed by atoms with E-state index in [1.54, 1.807) is 0 Å². The Morgan fingerprint density at radius 3 is 2.38 bits per heavy atom. The van der Waals surface area contributed by atoms with Crippen LogP contribution in [0.2, 0.25) is 0 Å². The highest BCUT2D eigenvalue weighted by molar-refractivity contribution is 6.01. The molecule has 39 heavy (non-hydrogen) atoms. The zero-order valence-corrected chi connectivity index (χ0v) is 20.8. The van der Waals surface area contributed by atoms with Gasteiger partial charge >= 0.3 is 5.97 Å². The molecule has 0 fully saturated rings. The molecule has 14 heteroatoms. The van der Waals surface area contributed by atoms with Crippen LogP contribution in [0.15, 0.2) is 41.4 Å². The third-order valence-electron chi connectivity index (χ3n) is 5.47. The summed E-state index contributed by atoms with van der Waals surface area (Å²) in [5.41, 5.74) is -0.279. The van der Waals surface area contributed by atoms with Gasteiger partial charge in [0.25, 0.3) is 0 Å². The number of carbonyl (C=O) groups is 4. The first-order chi connectivity index (χ1) is 18.6. The van der Waals surface area contributed by atoms with Gasteiger partial charge in [-0.25, -0.2) is 9.79 Å². The van der Waals surface area contributed by atoms with E-state index in [4.69, 9.17) is 9.47 Å². The third kappa shape index (κ3) is 7.50. The molecule has 3 rings (SSSR count). The Kier molecular flexibility index (Phi) is 9.51. The van der Waals surface area contributed by atoms with E-state index in [1.165, 1.54) is 43.3 Å². The Morgan fingerprint density at radius 2 is 1.67 bits per heavy atom. The summed E-state index contributed by atoms with van der Waals surface area (Å²) in [6, 6.07) is 5.32. The van der Waals surface area contributed by atoms with E-state index in [0.29, 0.717) is 13.0 Å². The van der Waals surface area contributed by atoms with E-state index < -0.39 is 59.5 Å². The average Bonchev–Trinajstić information content (AvgIpc) is 3.39. The van der Waals surface area contributed by atoms with Gasteiger partial charge in [-0.2, -0.15) is 0 Å². The lowest BCUT2D eigenvalue weighted by molar-refractivity contribution is -0.130. The second-order valence-corrected chi connectivity index (χ2v) is 8.39. The van der Waals surface area contributed by atoms with Crippen molar-refractivity contribution in [3.63, 3.8) is 0 Å². The van der Waals surface area contributed by atoms with E-state index in [2.05, 4.69) is 20.9 Å². The molecule has 208 valence electrons. The SMILES string of the molecule is CC(=O)NCCCNC(=O)[C@H](COC(=O)c1cccc(O)c1O)NC(=O)[C@@H]1COC(c2cccc(O)c2O)=N1. The molecule has 7 N–H and O–H groups in total. The molecule has 14 nitrogen and oxygen atoms in total. The topological polar surface area (TPSA) is 216 Å². The van der Waals surface area contributed by atoms with Crippen molar-refractivity contribution in [1.82, 2.24) is 16.0 Å². The lowest BCUT2D eigenvalue weighted by Crippen LogP contribution is -2.52. The fourth-order valence-corrected chi connectivity index (χ4v) is 3.43. The summed E-state index contributed by atoms with van der Waals surface area (Å²) >= 11 is 0. The molecule has 2 atom stereocenters. The first-order valence-corrected chi connectivity index (χ1v) is 11.8. The number of para-hydroxylation sites is 2. The molecule has 3 amide bonds. The van der Waals surface area contributed by atoms with Gasteiger partial charge in [0.05, 0.1) is 5.56 Å². The molecule has 2 aromatic rings. The Bertz CT molecular complexity index is 1280. The largest absolute Gasteiger partial charge is 0.504 e. The predicted octanol–water partition coefficient (Wildman–Crippen LogP) is -0.361. The maximum atomic E-state index is 12.9. The van der Waals surface area contributed by atoms with Gasteiger partial charge < -0.3 is 45.9 Å². The summed E-state index contributed by atoms with van der Waals surface area (Å²) in [6.45, 7) is 0.938. The summed E-state index contributed by atoms with van der Waals surface area (Å²) in [4.78, 5) is 53.2. The van der Waals surface area contributed by atoms with Crippen molar-refractivity contribution in [3.05, 3.63) is 47.5 Å². The number of ether oxygens (including phenoxy) is 2. The first-order valence-electron chi connectivity index (χ1n) is 11.8. The van der Waals surface area contributed by atoms with Crippen LogP contribution in [0.25, 0.3) is 0 Å². The van der Waals surface area contributed by atoms with Crippen LogP contribution >= 0.6 is 0 Å². The quantitative estimate of drug-likeness (QED) is 0.111. The molecule has 0 unspecified atom stereocenters. The summed E-state index contributed by atoms with van der Waals surface area (Å²) < 4.78 is 10.5. The second kappa shape index (κ2) is 13.0. The summed E-state index contributed by atoms with van der Waals surface area (Å²) in [5.74, 6) is -4.95. The van der Waals surface area contributed by atoms with Crippen molar-refractivity contribution in [2.24, 2.45) is 4.99 Å². The summed E-state index contributed by atoms with van der Waals surface area (Å²) in [7, 11) is 0. The number of aliphatic imine (C=N–C) groups is 1. The number of aromatic hydroxyl groups is 4. The van der Waals surface area contributed by atoms with Gasteiger partial charge in [-0.3, -0.25) is 14.4 Å². The van der Waals surface area contributed by atoms with Gasteiger partial charge in [0.1, 0.15) is 24.8 Å². The standard InChI is InChI=1S/C25H28N4O10/c1-13(30)26-9-4-10-27-22(35)16(12-39-25(37)15-6-3-8-19(32)21(15)34)28-23(36)17-11-38-24(29-17)14-5-2-7-18(31)20(14)33/h2-3,5-8,16-17,31-34H,4,9-12H2,1H3,(H,26,30)(H,27,35)(H,28,36)/t16-,17-/m0/s1. The molecule has 1 aliphatic rings. The zero-order valence-electron chi connectivity index (χ0n) is 20.8. The fourth-order valence-electron chi connectivity index (χ4n) is 3.43. The van der Waals surface area contributed by atoms with Crippen LogP contribution in [0.5, 0.6) is 23.0 Å². The Labute approximate surface area is 222 Å². The van der Waals surface area contributed by atoms with E-state index in [1.807, 2.05) is 0 Å². The zero-order chi connectivity index (χ0) is 28.5. The number of rotatable bonds is 11. The van der Waals surface area contributed by atoms with Gasteiger partial charge in [0.15, 0.2) is 29.0 Å². The lowest BCUT2D eigenvalue weighted by Gasteiger charge is -2.19.